The monoisotopic (exact) mass is 134 g/mol. The van der Waals surface area contributed by atoms with E-state index in [1.165, 1.54) is 5.56 Å². The van der Waals surface area contributed by atoms with Crippen LogP contribution in [0.1, 0.15) is 5.56 Å². The molecule has 2 aromatic rings. The van der Waals surface area contributed by atoms with E-state index in [1.807, 2.05) is 29.9 Å². The summed E-state index contributed by atoms with van der Waals surface area (Å²) in [4.78, 5) is 4.17. The molecular formula is C7H8N3+. The lowest BCUT2D eigenvalue weighted by molar-refractivity contribution is -0.579. The van der Waals surface area contributed by atoms with Gasteiger partial charge < -0.3 is 0 Å². The Bertz CT molecular complexity index is 350. The summed E-state index contributed by atoms with van der Waals surface area (Å²) in [5.74, 6) is 0. The third-order valence-corrected chi connectivity index (χ3v) is 1.52. The first-order valence-electron chi connectivity index (χ1n) is 3.18. The van der Waals surface area contributed by atoms with Crippen molar-refractivity contribution in [2.24, 2.45) is 0 Å². The predicted octanol–water partition coefficient (Wildman–Crippen LogP) is 0.457. The van der Waals surface area contributed by atoms with E-state index in [2.05, 4.69) is 10.1 Å². The summed E-state index contributed by atoms with van der Waals surface area (Å²) in [6.45, 7) is 2.03. The molecule has 2 heterocycles. The molecule has 0 bridgehead atoms. The van der Waals surface area contributed by atoms with Gasteiger partial charge in [-0.15, -0.1) is 4.52 Å². The fraction of sp³-hybridized carbons (Fsp3) is 0.143. The van der Waals surface area contributed by atoms with Crippen LogP contribution < -0.4 is 4.52 Å². The van der Waals surface area contributed by atoms with E-state index >= 15 is 0 Å². The normalized spacial score (nSPS) is 10.5. The largest absolute Gasteiger partial charge is 0.350 e. The Hall–Kier alpha value is -1.38. The van der Waals surface area contributed by atoms with E-state index in [4.69, 9.17) is 0 Å². The molecule has 0 aliphatic carbocycles. The van der Waals surface area contributed by atoms with Gasteiger partial charge in [0.25, 0.3) is 0 Å². The highest BCUT2D eigenvalue weighted by Crippen LogP contribution is 1.96. The molecule has 0 spiro atoms. The molecule has 0 saturated carbocycles. The van der Waals surface area contributed by atoms with E-state index < -0.39 is 0 Å². The summed E-state index contributed by atoms with van der Waals surface area (Å²) in [6, 6.07) is 1.89. The Balaban J connectivity index is 2.93. The molecule has 2 rings (SSSR count). The van der Waals surface area contributed by atoms with Gasteiger partial charge in [-0.05, 0) is 11.9 Å². The number of hydrogen-bond donors (Lipinski definition) is 1. The number of aromatic nitrogens is 3. The molecule has 0 aliphatic rings. The maximum absolute atomic E-state index is 4.17. The van der Waals surface area contributed by atoms with E-state index in [1.54, 1.807) is 6.20 Å². The Labute approximate surface area is 58.3 Å². The van der Waals surface area contributed by atoms with Gasteiger partial charge in [0.1, 0.15) is 12.4 Å². The zero-order valence-electron chi connectivity index (χ0n) is 5.70. The predicted molar refractivity (Wildman–Crippen MR) is 36.5 cm³/mol. The molecule has 0 aliphatic heterocycles. The SMILES string of the molecule is Cc1c[nH][n+]2cccnc12. The lowest BCUT2D eigenvalue weighted by atomic mass is 10.4. The molecule has 0 atom stereocenters. The van der Waals surface area contributed by atoms with Crippen LogP contribution in [0.5, 0.6) is 0 Å². The summed E-state index contributed by atoms with van der Waals surface area (Å²) in [5.41, 5.74) is 2.16. The van der Waals surface area contributed by atoms with Gasteiger partial charge in [-0.25, -0.2) is 5.10 Å². The molecule has 0 fully saturated rings. The number of rotatable bonds is 0. The molecule has 0 unspecified atom stereocenters. The zero-order chi connectivity index (χ0) is 6.97. The Morgan fingerprint density at radius 1 is 1.60 bits per heavy atom. The van der Waals surface area contributed by atoms with Crippen molar-refractivity contribution in [3.05, 3.63) is 30.2 Å². The lowest BCUT2D eigenvalue weighted by Crippen LogP contribution is -2.22. The number of fused-ring (bicyclic) bond motifs is 1. The molecule has 2 aromatic heterocycles. The summed E-state index contributed by atoms with van der Waals surface area (Å²) in [5, 5.41) is 3.04. The number of aromatic amines is 1. The number of nitrogens with one attached hydrogen (secondary N) is 1. The summed E-state index contributed by atoms with van der Waals surface area (Å²) >= 11 is 0. The Kier molecular flexibility index (Phi) is 0.974. The van der Waals surface area contributed by atoms with Crippen LogP contribution in [0.2, 0.25) is 0 Å². The smallest absolute Gasteiger partial charge is 0.231 e. The van der Waals surface area contributed by atoms with E-state index in [0.717, 1.165) is 5.65 Å². The fourth-order valence-electron chi connectivity index (χ4n) is 0.998. The average molecular weight is 134 g/mol. The van der Waals surface area contributed by atoms with Crippen LogP contribution in [-0.2, 0) is 0 Å². The second kappa shape index (κ2) is 1.80. The second-order valence-electron chi connectivity index (χ2n) is 2.27. The highest BCUT2D eigenvalue weighted by atomic mass is 15.2. The maximum Gasteiger partial charge on any atom is 0.350 e. The van der Waals surface area contributed by atoms with Crippen molar-refractivity contribution in [3.63, 3.8) is 0 Å². The lowest BCUT2D eigenvalue weighted by Gasteiger charge is -1.77. The molecule has 3 nitrogen and oxygen atoms in total. The number of aryl methyl sites for hydroxylation is 1. The van der Waals surface area contributed by atoms with Gasteiger partial charge in [0, 0.05) is 6.07 Å². The standard InChI is InChI=1S/C7H7N3/c1-6-5-9-10-4-2-3-8-7(6)10/h2-5H,1H3/p+1. The van der Waals surface area contributed by atoms with Crippen LogP contribution >= 0.6 is 0 Å². The highest BCUT2D eigenvalue weighted by molar-refractivity contribution is 5.36. The molecule has 50 valence electrons. The van der Waals surface area contributed by atoms with Crippen molar-refractivity contribution in [2.45, 2.75) is 6.92 Å². The van der Waals surface area contributed by atoms with Crippen molar-refractivity contribution in [1.29, 1.82) is 0 Å². The first-order valence-corrected chi connectivity index (χ1v) is 3.18. The van der Waals surface area contributed by atoms with Crippen LogP contribution in [0.3, 0.4) is 0 Å². The summed E-state index contributed by atoms with van der Waals surface area (Å²) in [6.07, 6.45) is 5.66. The van der Waals surface area contributed by atoms with E-state index in [-0.39, 0.29) is 0 Å². The minimum atomic E-state index is 0.988. The van der Waals surface area contributed by atoms with Crippen molar-refractivity contribution in [3.8, 4) is 0 Å². The Morgan fingerprint density at radius 3 is 3.30 bits per heavy atom. The molecule has 0 amide bonds. The summed E-state index contributed by atoms with van der Waals surface area (Å²) < 4.78 is 1.88. The minimum absolute atomic E-state index is 0.988. The van der Waals surface area contributed by atoms with Crippen molar-refractivity contribution < 1.29 is 4.52 Å². The molecule has 10 heavy (non-hydrogen) atoms. The maximum atomic E-state index is 4.17. The van der Waals surface area contributed by atoms with Gasteiger partial charge in [0.15, 0.2) is 0 Å². The number of H-pyrrole nitrogens is 1. The molecule has 0 saturated heterocycles. The van der Waals surface area contributed by atoms with Gasteiger partial charge in [-0.3, -0.25) is 0 Å². The van der Waals surface area contributed by atoms with E-state index in [9.17, 15) is 0 Å². The molecular weight excluding hydrogens is 126 g/mol. The average Bonchev–Trinajstić information content (AvgIpc) is 2.34. The van der Waals surface area contributed by atoms with E-state index in [0.29, 0.717) is 0 Å². The second-order valence-corrected chi connectivity index (χ2v) is 2.27. The highest BCUT2D eigenvalue weighted by Gasteiger charge is 2.05. The van der Waals surface area contributed by atoms with Crippen LogP contribution in [0, 0.1) is 6.92 Å². The first kappa shape index (κ1) is 5.41. The molecule has 3 heteroatoms. The number of hydrogen-bond acceptors (Lipinski definition) is 1. The Morgan fingerprint density at radius 2 is 2.50 bits per heavy atom. The fourth-order valence-corrected chi connectivity index (χ4v) is 0.998. The van der Waals surface area contributed by atoms with Crippen LogP contribution in [-0.4, -0.2) is 10.1 Å². The van der Waals surface area contributed by atoms with Gasteiger partial charge in [0.05, 0.1) is 11.8 Å². The van der Waals surface area contributed by atoms with Crippen molar-refractivity contribution >= 4 is 5.65 Å². The van der Waals surface area contributed by atoms with Gasteiger partial charge in [-0.1, -0.05) is 0 Å². The third kappa shape index (κ3) is 0.603. The topological polar surface area (TPSA) is 32.8 Å². The van der Waals surface area contributed by atoms with Crippen molar-refractivity contribution in [1.82, 2.24) is 10.1 Å². The van der Waals surface area contributed by atoms with Crippen LogP contribution in [0.4, 0.5) is 0 Å². The number of nitrogens with zero attached hydrogens (tertiary/aromatic N) is 2. The zero-order valence-corrected chi connectivity index (χ0v) is 5.70. The van der Waals surface area contributed by atoms with Crippen LogP contribution in [0.25, 0.3) is 5.65 Å². The van der Waals surface area contributed by atoms with Crippen molar-refractivity contribution in [2.75, 3.05) is 0 Å². The van der Waals surface area contributed by atoms with Gasteiger partial charge in [-0.2, -0.15) is 0 Å². The van der Waals surface area contributed by atoms with Crippen LogP contribution in [0.15, 0.2) is 24.7 Å². The molecule has 0 radical (unpaired) electrons. The quantitative estimate of drug-likeness (QED) is 0.521. The summed E-state index contributed by atoms with van der Waals surface area (Å²) in [7, 11) is 0. The van der Waals surface area contributed by atoms with Gasteiger partial charge >= 0.3 is 5.65 Å². The minimum Gasteiger partial charge on any atom is -0.231 e. The molecule has 0 aromatic carbocycles. The third-order valence-electron chi connectivity index (χ3n) is 1.52. The van der Waals surface area contributed by atoms with Gasteiger partial charge in [0.2, 0.25) is 0 Å². The first-order chi connectivity index (χ1) is 4.88. The molecule has 1 N–H and O–H groups in total.